The van der Waals surface area contributed by atoms with Crippen LogP contribution in [-0.2, 0) is 6.18 Å². The lowest BCUT2D eigenvalue weighted by Crippen LogP contribution is -2.08. The Labute approximate surface area is 134 Å². The molecule has 0 aromatic heterocycles. The second-order valence-electron chi connectivity index (χ2n) is 4.26. The predicted octanol–water partition coefficient (Wildman–Crippen LogP) is 5.69. The number of halogens is 7. The molecule has 0 amide bonds. The van der Waals surface area contributed by atoms with Crippen LogP contribution in [0.3, 0.4) is 0 Å². The van der Waals surface area contributed by atoms with Crippen LogP contribution in [0, 0.1) is 17.5 Å². The average Bonchev–Trinajstić information content (AvgIpc) is 2.44. The summed E-state index contributed by atoms with van der Waals surface area (Å²) in [6.45, 7) is 0. The van der Waals surface area contributed by atoms with E-state index in [-0.39, 0.29) is 10.2 Å². The molecule has 0 aliphatic rings. The highest BCUT2D eigenvalue weighted by atomic mass is 79.9. The van der Waals surface area contributed by atoms with Crippen molar-refractivity contribution in [1.29, 1.82) is 0 Å². The minimum Gasteiger partial charge on any atom is -0.490 e. The van der Waals surface area contributed by atoms with Gasteiger partial charge in [0.15, 0.2) is 11.6 Å². The summed E-state index contributed by atoms with van der Waals surface area (Å²) in [6.07, 6.45) is -4.94. The van der Waals surface area contributed by atoms with Crippen LogP contribution < -0.4 is 9.47 Å². The lowest BCUT2D eigenvalue weighted by molar-refractivity contribution is -0.140. The van der Waals surface area contributed by atoms with Gasteiger partial charge in [0.05, 0.1) is 17.1 Å². The van der Waals surface area contributed by atoms with Crippen molar-refractivity contribution >= 4 is 15.9 Å². The van der Waals surface area contributed by atoms with E-state index < -0.39 is 40.7 Å². The maximum atomic E-state index is 13.6. The highest BCUT2D eigenvalue weighted by Crippen LogP contribution is 2.41. The van der Waals surface area contributed by atoms with Crippen molar-refractivity contribution < 1.29 is 35.8 Å². The number of methoxy groups -OCH3 is 1. The van der Waals surface area contributed by atoms with Gasteiger partial charge in [0.25, 0.3) is 0 Å². The Hall–Kier alpha value is -1.90. The van der Waals surface area contributed by atoms with Crippen LogP contribution in [0.1, 0.15) is 5.56 Å². The molecule has 0 spiro atoms. The van der Waals surface area contributed by atoms with Crippen LogP contribution in [0.4, 0.5) is 26.3 Å². The molecule has 0 saturated heterocycles. The highest BCUT2D eigenvalue weighted by Gasteiger charge is 2.35. The summed E-state index contributed by atoms with van der Waals surface area (Å²) in [6, 6.07) is 2.65. The molecule has 0 heterocycles. The number of benzene rings is 2. The molecular formula is C14H7BrF6O2. The number of hydrogen-bond donors (Lipinski definition) is 0. The Balaban J connectivity index is 2.51. The summed E-state index contributed by atoms with van der Waals surface area (Å²) in [5, 5.41) is 0. The third-order valence-corrected chi connectivity index (χ3v) is 3.38. The van der Waals surface area contributed by atoms with Crippen molar-refractivity contribution in [1.82, 2.24) is 0 Å². The van der Waals surface area contributed by atoms with Gasteiger partial charge in [-0.3, -0.25) is 0 Å². The van der Waals surface area contributed by atoms with Gasteiger partial charge in [-0.2, -0.15) is 17.6 Å². The minimum atomic E-state index is -4.94. The first kappa shape index (κ1) is 17.5. The zero-order chi connectivity index (χ0) is 17.4. The fourth-order valence-corrected chi connectivity index (χ4v) is 2.12. The smallest absolute Gasteiger partial charge is 0.419 e. The van der Waals surface area contributed by atoms with Gasteiger partial charge in [0, 0.05) is 0 Å². The highest BCUT2D eigenvalue weighted by molar-refractivity contribution is 9.10. The molecule has 2 aromatic rings. The molecule has 124 valence electrons. The van der Waals surface area contributed by atoms with Gasteiger partial charge in [0.1, 0.15) is 11.6 Å². The zero-order valence-corrected chi connectivity index (χ0v) is 12.9. The van der Waals surface area contributed by atoms with Crippen LogP contribution >= 0.6 is 15.9 Å². The van der Waals surface area contributed by atoms with Gasteiger partial charge < -0.3 is 9.47 Å². The molecule has 0 fully saturated rings. The first-order valence-corrected chi connectivity index (χ1v) is 6.70. The third kappa shape index (κ3) is 3.54. The van der Waals surface area contributed by atoms with Gasteiger partial charge in [-0.05, 0) is 40.2 Å². The standard InChI is InChI=1S/C14H7BrF6O2/c1-22-13-10(3-2-8(16)12(13)18)23-11-4-6(14(19,20)21)9(17)5-7(11)15/h2-5H,1H3. The number of alkyl halides is 3. The van der Waals surface area contributed by atoms with E-state index in [2.05, 4.69) is 20.7 Å². The quantitative estimate of drug-likeness (QED) is 0.616. The van der Waals surface area contributed by atoms with E-state index in [0.29, 0.717) is 12.1 Å². The van der Waals surface area contributed by atoms with E-state index in [1.807, 2.05) is 0 Å². The largest absolute Gasteiger partial charge is 0.490 e. The van der Waals surface area contributed by atoms with Crippen LogP contribution in [0.15, 0.2) is 28.7 Å². The molecule has 2 nitrogen and oxygen atoms in total. The number of hydrogen-bond acceptors (Lipinski definition) is 2. The van der Waals surface area contributed by atoms with E-state index in [1.165, 1.54) is 0 Å². The third-order valence-electron chi connectivity index (χ3n) is 2.76. The normalized spacial score (nSPS) is 11.5. The van der Waals surface area contributed by atoms with E-state index >= 15 is 0 Å². The van der Waals surface area contributed by atoms with Gasteiger partial charge in [-0.15, -0.1) is 0 Å². The first-order chi connectivity index (χ1) is 10.6. The topological polar surface area (TPSA) is 18.5 Å². The lowest BCUT2D eigenvalue weighted by atomic mass is 10.2. The summed E-state index contributed by atoms with van der Waals surface area (Å²) in [5.74, 6) is -5.53. The molecule has 0 radical (unpaired) electrons. The zero-order valence-electron chi connectivity index (χ0n) is 11.3. The number of ether oxygens (including phenoxy) is 2. The maximum absolute atomic E-state index is 13.6. The van der Waals surface area contributed by atoms with Crippen LogP contribution in [0.2, 0.25) is 0 Å². The number of rotatable bonds is 3. The lowest BCUT2D eigenvalue weighted by Gasteiger charge is -2.15. The van der Waals surface area contributed by atoms with Gasteiger partial charge >= 0.3 is 6.18 Å². The Kier molecular flexibility index (Phi) is 4.79. The molecule has 0 saturated carbocycles. The monoisotopic (exact) mass is 400 g/mol. The second kappa shape index (κ2) is 6.31. The molecule has 2 rings (SSSR count). The second-order valence-corrected chi connectivity index (χ2v) is 5.11. The minimum absolute atomic E-state index is 0.144. The summed E-state index contributed by atoms with van der Waals surface area (Å²) < 4.78 is 87.8. The van der Waals surface area contributed by atoms with Gasteiger partial charge in [-0.25, -0.2) is 8.78 Å². The van der Waals surface area contributed by atoms with Crippen LogP contribution in [0.5, 0.6) is 17.2 Å². The summed E-state index contributed by atoms with van der Waals surface area (Å²) in [5.41, 5.74) is -1.56. The molecule has 0 bridgehead atoms. The van der Waals surface area contributed by atoms with E-state index in [1.54, 1.807) is 0 Å². The van der Waals surface area contributed by atoms with E-state index in [4.69, 9.17) is 4.74 Å². The Morgan fingerprint density at radius 1 is 0.957 bits per heavy atom. The van der Waals surface area contributed by atoms with E-state index in [0.717, 1.165) is 19.2 Å². The fourth-order valence-electron chi connectivity index (χ4n) is 1.73. The molecule has 23 heavy (non-hydrogen) atoms. The molecular weight excluding hydrogens is 394 g/mol. The van der Waals surface area contributed by atoms with Gasteiger partial charge in [0.2, 0.25) is 11.6 Å². The van der Waals surface area contributed by atoms with Crippen molar-refractivity contribution in [3.63, 3.8) is 0 Å². The SMILES string of the molecule is COc1c(Oc2cc(C(F)(F)F)c(F)cc2Br)ccc(F)c1F. The molecule has 0 unspecified atom stereocenters. The first-order valence-electron chi connectivity index (χ1n) is 5.91. The van der Waals surface area contributed by atoms with Crippen molar-refractivity contribution in [2.45, 2.75) is 6.18 Å². The van der Waals surface area contributed by atoms with Crippen molar-refractivity contribution in [2.24, 2.45) is 0 Å². The molecule has 0 atom stereocenters. The summed E-state index contributed by atoms with van der Waals surface area (Å²) in [4.78, 5) is 0. The molecule has 9 heteroatoms. The van der Waals surface area contributed by atoms with Crippen molar-refractivity contribution in [3.05, 3.63) is 51.8 Å². The van der Waals surface area contributed by atoms with Crippen molar-refractivity contribution in [2.75, 3.05) is 7.11 Å². The maximum Gasteiger partial charge on any atom is 0.419 e. The average molecular weight is 401 g/mol. The summed E-state index contributed by atoms with van der Waals surface area (Å²) >= 11 is 2.84. The van der Waals surface area contributed by atoms with E-state index in [9.17, 15) is 26.3 Å². The Morgan fingerprint density at radius 3 is 2.17 bits per heavy atom. The Morgan fingerprint density at radius 2 is 1.61 bits per heavy atom. The predicted molar refractivity (Wildman–Crippen MR) is 72.1 cm³/mol. The summed E-state index contributed by atoms with van der Waals surface area (Å²) in [7, 11) is 1.03. The fraction of sp³-hybridized carbons (Fsp3) is 0.143. The molecule has 0 aliphatic carbocycles. The molecule has 2 aromatic carbocycles. The Bertz CT molecular complexity index is 745. The molecule has 0 N–H and O–H groups in total. The van der Waals surface area contributed by atoms with Crippen molar-refractivity contribution in [3.8, 4) is 17.2 Å². The molecule has 0 aliphatic heterocycles. The van der Waals surface area contributed by atoms with Crippen LogP contribution in [-0.4, -0.2) is 7.11 Å². The van der Waals surface area contributed by atoms with Crippen LogP contribution in [0.25, 0.3) is 0 Å². The van der Waals surface area contributed by atoms with Gasteiger partial charge in [-0.1, -0.05) is 0 Å².